The first kappa shape index (κ1) is 20.9. The second-order valence-corrected chi connectivity index (χ2v) is 5.98. The minimum absolute atomic E-state index is 0.278. The van der Waals surface area contributed by atoms with Crippen molar-refractivity contribution in [1.29, 1.82) is 0 Å². The van der Waals surface area contributed by atoms with Crippen molar-refractivity contribution in [1.82, 2.24) is 0 Å². The molecule has 3 amide bonds. The molecular formula is C20H23N3O5. The zero-order valence-electron chi connectivity index (χ0n) is 16.0. The van der Waals surface area contributed by atoms with Gasteiger partial charge in [0.1, 0.15) is 12.4 Å². The number of carbonyl (C=O) groups excluding carboxylic acids is 3. The number of carbonyl (C=O) groups is 3. The predicted molar refractivity (Wildman–Crippen MR) is 107 cm³/mol. The fourth-order valence-electron chi connectivity index (χ4n) is 2.42. The molecular weight excluding hydrogens is 362 g/mol. The first-order chi connectivity index (χ1) is 13.4. The largest absolute Gasteiger partial charge is 0.491 e. The Morgan fingerprint density at radius 3 is 2.04 bits per heavy atom. The van der Waals surface area contributed by atoms with E-state index in [9.17, 15) is 14.4 Å². The van der Waals surface area contributed by atoms with Crippen molar-refractivity contribution in [2.45, 2.75) is 13.8 Å². The summed E-state index contributed by atoms with van der Waals surface area (Å²) in [6.07, 6.45) is 0. The molecule has 28 heavy (non-hydrogen) atoms. The Morgan fingerprint density at radius 2 is 1.46 bits per heavy atom. The van der Waals surface area contributed by atoms with Crippen LogP contribution in [0.4, 0.5) is 17.1 Å². The van der Waals surface area contributed by atoms with Crippen LogP contribution in [0.15, 0.2) is 42.5 Å². The summed E-state index contributed by atoms with van der Waals surface area (Å²) in [5.41, 5.74) is 1.63. The van der Waals surface area contributed by atoms with E-state index >= 15 is 0 Å². The smallest absolute Gasteiger partial charge is 0.255 e. The maximum atomic E-state index is 12.7. The lowest BCUT2D eigenvalue weighted by Crippen LogP contribution is -2.15. The van der Waals surface area contributed by atoms with Gasteiger partial charge in [0.25, 0.3) is 5.91 Å². The highest BCUT2D eigenvalue weighted by molar-refractivity contribution is 6.06. The number of ether oxygens (including phenoxy) is 2. The van der Waals surface area contributed by atoms with E-state index in [0.717, 1.165) is 0 Å². The fourth-order valence-corrected chi connectivity index (χ4v) is 2.42. The third kappa shape index (κ3) is 6.73. The summed E-state index contributed by atoms with van der Waals surface area (Å²) in [7, 11) is 1.59. The standard InChI is InChI=1S/C20H23N3O5/c1-13(24)21-17-9-15(10-18(11-17)22-14(2)25)20(26)23-16-5-4-6-19(12-16)28-8-7-27-3/h4-6,9-12H,7-8H2,1-3H3,(H,21,24)(H,22,25)(H,23,26). The first-order valence-electron chi connectivity index (χ1n) is 8.61. The molecule has 0 radical (unpaired) electrons. The lowest BCUT2D eigenvalue weighted by Gasteiger charge is -2.12. The summed E-state index contributed by atoms with van der Waals surface area (Å²) in [6, 6.07) is 11.6. The average Bonchev–Trinajstić information content (AvgIpc) is 2.61. The van der Waals surface area contributed by atoms with Gasteiger partial charge in [0.2, 0.25) is 11.8 Å². The third-order valence-corrected chi connectivity index (χ3v) is 3.48. The molecule has 2 rings (SSSR count). The van der Waals surface area contributed by atoms with Crippen LogP contribution in [0.25, 0.3) is 0 Å². The number of methoxy groups -OCH3 is 1. The van der Waals surface area contributed by atoms with Crippen LogP contribution < -0.4 is 20.7 Å². The zero-order chi connectivity index (χ0) is 20.5. The molecule has 2 aromatic rings. The second kappa shape index (κ2) is 10.1. The van der Waals surface area contributed by atoms with E-state index in [1.807, 2.05) is 0 Å². The Morgan fingerprint density at radius 1 is 0.821 bits per heavy atom. The van der Waals surface area contributed by atoms with Gasteiger partial charge in [-0.2, -0.15) is 0 Å². The Bertz CT molecular complexity index is 832. The van der Waals surface area contributed by atoms with Crippen LogP contribution in [-0.2, 0) is 14.3 Å². The van der Waals surface area contributed by atoms with Crippen LogP contribution >= 0.6 is 0 Å². The van der Waals surface area contributed by atoms with Gasteiger partial charge in [-0.3, -0.25) is 14.4 Å². The lowest BCUT2D eigenvalue weighted by atomic mass is 10.1. The molecule has 0 fully saturated rings. The normalized spacial score (nSPS) is 10.1. The molecule has 2 aromatic carbocycles. The molecule has 0 aliphatic rings. The van der Waals surface area contributed by atoms with Crippen molar-refractivity contribution in [3.8, 4) is 5.75 Å². The predicted octanol–water partition coefficient (Wildman–Crippen LogP) is 2.88. The number of nitrogens with one attached hydrogen (secondary N) is 3. The fraction of sp³-hybridized carbons (Fsp3) is 0.250. The molecule has 0 unspecified atom stereocenters. The van der Waals surface area contributed by atoms with Crippen molar-refractivity contribution >= 4 is 34.8 Å². The summed E-state index contributed by atoms with van der Waals surface area (Å²) >= 11 is 0. The molecule has 0 saturated carbocycles. The van der Waals surface area contributed by atoms with Crippen LogP contribution in [0.1, 0.15) is 24.2 Å². The number of hydrogen-bond donors (Lipinski definition) is 3. The van der Waals surface area contributed by atoms with Gasteiger partial charge in [0.05, 0.1) is 6.61 Å². The van der Waals surface area contributed by atoms with Crippen molar-refractivity contribution < 1.29 is 23.9 Å². The molecule has 0 bridgehead atoms. The molecule has 0 aromatic heterocycles. The van der Waals surface area contributed by atoms with Gasteiger partial charge >= 0.3 is 0 Å². The number of benzene rings is 2. The van der Waals surface area contributed by atoms with E-state index in [4.69, 9.17) is 9.47 Å². The van der Waals surface area contributed by atoms with E-state index < -0.39 is 5.91 Å². The molecule has 0 heterocycles. The van der Waals surface area contributed by atoms with Crippen LogP contribution in [0.5, 0.6) is 5.75 Å². The van der Waals surface area contributed by atoms with Gasteiger partial charge in [-0.25, -0.2) is 0 Å². The molecule has 0 atom stereocenters. The molecule has 8 nitrogen and oxygen atoms in total. The molecule has 0 saturated heterocycles. The summed E-state index contributed by atoms with van der Waals surface area (Å²) in [6.45, 7) is 3.57. The number of hydrogen-bond acceptors (Lipinski definition) is 5. The van der Waals surface area contributed by atoms with Gasteiger partial charge in [0.15, 0.2) is 0 Å². The molecule has 0 aliphatic carbocycles. The third-order valence-electron chi connectivity index (χ3n) is 3.48. The first-order valence-corrected chi connectivity index (χ1v) is 8.61. The highest BCUT2D eigenvalue weighted by Crippen LogP contribution is 2.22. The Balaban J connectivity index is 2.19. The van der Waals surface area contributed by atoms with Crippen molar-refractivity contribution in [3.63, 3.8) is 0 Å². The molecule has 8 heteroatoms. The Kier molecular flexibility index (Phi) is 7.53. The maximum absolute atomic E-state index is 12.7. The van der Waals surface area contributed by atoms with Crippen molar-refractivity contribution in [2.24, 2.45) is 0 Å². The molecule has 148 valence electrons. The lowest BCUT2D eigenvalue weighted by molar-refractivity contribution is -0.115. The Hall–Kier alpha value is -3.39. The number of rotatable bonds is 8. The van der Waals surface area contributed by atoms with Gasteiger partial charge in [-0.05, 0) is 30.3 Å². The van der Waals surface area contributed by atoms with Gasteiger partial charge in [-0.1, -0.05) is 6.07 Å². The molecule has 3 N–H and O–H groups in total. The van der Waals surface area contributed by atoms with Gasteiger partial charge in [-0.15, -0.1) is 0 Å². The summed E-state index contributed by atoms with van der Waals surface area (Å²) in [4.78, 5) is 35.3. The summed E-state index contributed by atoms with van der Waals surface area (Å²) in [5.74, 6) is -0.367. The minimum atomic E-state index is -0.396. The summed E-state index contributed by atoms with van der Waals surface area (Å²) < 4.78 is 10.5. The van der Waals surface area contributed by atoms with E-state index in [-0.39, 0.29) is 17.4 Å². The zero-order valence-corrected chi connectivity index (χ0v) is 16.0. The maximum Gasteiger partial charge on any atom is 0.255 e. The van der Waals surface area contributed by atoms with Crippen LogP contribution in [0.3, 0.4) is 0 Å². The topological polar surface area (TPSA) is 106 Å². The second-order valence-electron chi connectivity index (χ2n) is 5.98. The SMILES string of the molecule is COCCOc1cccc(NC(=O)c2cc(NC(C)=O)cc(NC(C)=O)c2)c1. The van der Waals surface area contributed by atoms with E-state index in [1.54, 1.807) is 37.4 Å². The summed E-state index contributed by atoms with van der Waals surface area (Å²) in [5, 5.41) is 8.00. The molecule has 0 spiro atoms. The number of anilines is 3. The van der Waals surface area contributed by atoms with Gasteiger partial charge in [0, 0.05) is 49.6 Å². The quantitative estimate of drug-likeness (QED) is 0.606. The average molecular weight is 385 g/mol. The van der Waals surface area contributed by atoms with E-state index in [1.165, 1.54) is 26.0 Å². The minimum Gasteiger partial charge on any atom is -0.491 e. The van der Waals surface area contributed by atoms with Crippen molar-refractivity contribution in [2.75, 3.05) is 36.3 Å². The highest BCUT2D eigenvalue weighted by atomic mass is 16.5. The van der Waals surface area contributed by atoms with Crippen LogP contribution in [0, 0.1) is 0 Å². The van der Waals surface area contributed by atoms with Crippen LogP contribution in [0.2, 0.25) is 0 Å². The monoisotopic (exact) mass is 385 g/mol. The Labute approximate surface area is 163 Å². The molecule has 0 aliphatic heterocycles. The number of amides is 3. The highest BCUT2D eigenvalue weighted by Gasteiger charge is 2.11. The van der Waals surface area contributed by atoms with E-state index in [2.05, 4.69) is 16.0 Å². The van der Waals surface area contributed by atoms with Crippen LogP contribution in [-0.4, -0.2) is 38.0 Å². The van der Waals surface area contributed by atoms with E-state index in [0.29, 0.717) is 36.0 Å². The van der Waals surface area contributed by atoms with Crippen molar-refractivity contribution in [3.05, 3.63) is 48.0 Å². The van der Waals surface area contributed by atoms with Gasteiger partial charge < -0.3 is 25.4 Å².